The van der Waals surface area contributed by atoms with Gasteiger partial charge in [0.15, 0.2) is 0 Å². The number of aromatic hydroxyl groups is 1. The predicted molar refractivity (Wildman–Crippen MR) is 111 cm³/mol. The van der Waals surface area contributed by atoms with Crippen LogP contribution in [0.25, 0.3) is 22.0 Å². The number of hydrazone groups is 1. The summed E-state index contributed by atoms with van der Waals surface area (Å²) in [5.41, 5.74) is 3.35. The van der Waals surface area contributed by atoms with Gasteiger partial charge >= 0.3 is 5.69 Å². The molecule has 0 atom stereocenters. The number of carbonyl (C=O) groups is 1. The van der Waals surface area contributed by atoms with Gasteiger partial charge in [-0.1, -0.05) is 60.7 Å². The Bertz CT molecular complexity index is 1280. The fraction of sp³-hybridized carbons (Fsp3) is 0. The largest absolute Gasteiger partial charge is 0.507 e. The molecule has 1 heterocycles. The number of phenols is 1. The first-order chi connectivity index (χ1) is 14.1. The zero-order valence-corrected chi connectivity index (χ0v) is 15.2. The maximum atomic E-state index is 12.4. The molecule has 29 heavy (non-hydrogen) atoms. The average Bonchev–Trinajstić information content (AvgIpc) is 2.75. The van der Waals surface area contributed by atoms with Gasteiger partial charge in [0, 0.05) is 11.1 Å². The first-order valence-corrected chi connectivity index (χ1v) is 8.83. The van der Waals surface area contributed by atoms with Crippen LogP contribution in [0.4, 0.5) is 0 Å². The summed E-state index contributed by atoms with van der Waals surface area (Å²) in [6.07, 6.45) is 1.37. The van der Waals surface area contributed by atoms with Crippen molar-refractivity contribution in [1.82, 2.24) is 15.4 Å². The molecule has 3 N–H and O–H groups in total. The second-order valence-corrected chi connectivity index (χ2v) is 6.27. The minimum absolute atomic E-state index is 0.0307. The van der Waals surface area contributed by atoms with Crippen LogP contribution in [-0.4, -0.2) is 27.2 Å². The molecule has 7 heteroatoms. The fourth-order valence-corrected chi connectivity index (χ4v) is 2.97. The molecule has 1 amide bonds. The summed E-state index contributed by atoms with van der Waals surface area (Å²) >= 11 is 0. The van der Waals surface area contributed by atoms with Crippen LogP contribution in [-0.2, 0) is 0 Å². The zero-order chi connectivity index (χ0) is 20.2. The van der Waals surface area contributed by atoms with Gasteiger partial charge in [-0.05, 0) is 22.9 Å². The molecule has 1 aromatic heterocycles. The van der Waals surface area contributed by atoms with Crippen LogP contribution in [0.5, 0.6) is 5.75 Å². The summed E-state index contributed by atoms with van der Waals surface area (Å²) in [6, 6.07) is 21.4. The number of aromatic nitrogens is 2. The molecule has 4 rings (SSSR count). The molecule has 0 aliphatic carbocycles. The van der Waals surface area contributed by atoms with E-state index in [-0.39, 0.29) is 11.4 Å². The number of nitrogens with one attached hydrogen (secondary N) is 2. The van der Waals surface area contributed by atoms with Crippen molar-refractivity contribution in [3.05, 3.63) is 94.5 Å². The second kappa shape index (κ2) is 7.77. The quantitative estimate of drug-likeness (QED) is 0.371. The third kappa shape index (κ3) is 3.89. The first kappa shape index (κ1) is 18.1. The Morgan fingerprint density at radius 2 is 1.79 bits per heavy atom. The van der Waals surface area contributed by atoms with Crippen molar-refractivity contribution in [3.8, 4) is 17.0 Å². The van der Waals surface area contributed by atoms with Crippen LogP contribution in [0.2, 0.25) is 0 Å². The van der Waals surface area contributed by atoms with E-state index in [1.54, 1.807) is 24.3 Å². The number of carbonyl (C=O) groups excluding carboxylic acids is 1. The van der Waals surface area contributed by atoms with E-state index in [1.807, 2.05) is 42.5 Å². The van der Waals surface area contributed by atoms with E-state index in [2.05, 4.69) is 20.5 Å². The van der Waals surface area contributed by atoms with Gasteiger partial charge in [0.25, 0.3) is 5.91 Å². The Hall–Kier alpha value is -4.26. The van der Waals surface area contributed by atoms with E-state index in [4.69, 9.17) is 0 Å². The maximum Gasteiger partial charge on any atom is 0.346 e. The minimum Gasteiger partial charge on any atom is -0.507 e. The highest BCUT2D eigenvalue weighted by molar-refractivity contribution is 6.03. The molecule has 0 saturated heterocycles. The number of nitrogens with zero attached hydrogens (tertiary/aromatic N) is 2. The number of phenolic OH excluding ortho intramolecular Hbond substituents is 1. The van der Waals surface area contributed by atoms with Gasteiger partial charge in [0.05, 0.1) is 11.9 Å². The molecule has 0 fully saturated rings. The third-order valence-electron chi connectivity index (χ3n) is 4.37. The Kier molecular flexibility index (Phi) is 4.86. The van der Waals surface area contributed by atoms with E-state index in [0.29, 0.717) is 11.3 Å². The monoisotopic (exact) mass is 384 g/mol. The fourth-order valence-electron chi connectivity index (χ4n) is 2.97. The summed E-state index contributed by atoms with van der Waals surface area (Å²) in [5.74, 6) is -0.553. The van der Waals surface area contributed by atoms with Gasteiger partial charge in [-0.25, -0.2) is 10.2 Å². The number of amides is 1. The lowest BCUT2D eigenvalue weighted by atomic mass is 10.0. The molecule has 4 aromatic rings. The zero-order valence-electron chi connectivity index (χ0n) is 15.2. The Labute approximate surface area is 165 Å². The van der Waals surface area contributed by atoms with Crippen molar-refractivity contribution < 1.29 is 9.90 Å². The van der Waals surface area contributed by atoms with Crippen molar-refractivity contribution in [1.29, 1.82) is 0 Å². The molecule has 0 bridgehead atoms. The lowest BCUT2D eigenvalue weighted by Crippen LogP contribution is -2.24. The van der Waals surface area contributed by atoms with Crippen LogP contribution in [0.3, 0.4) is 0 Å². The van der Waals surface area contributed by atoms with Crippen molar-refractivity contribution >= 4 is 22.9 Å². The summed E-state index contributed by atoms with van der Waals surface area (Å²) in [4.78, 5) is 30.6. The van der Waals surface area contributed by atoms with Gasteiger partial charge in [-0.2, -0.15) is 10.1 Å². The molecule has 0 unspecified atom stereocenters. The van der Waals surface area contributed by atoms with Gasteiger partial charge in [-0.15, -0.1) is 0 Å². The van der Waals surface area contributed by atoms with Crippen LogP contribution in [0.1, 0.15) is 16.1 Å². The number of fused-ring (bicyclic) bond motifs is 1. The molecule has 0 spiro atoms. The van der Waals surface area contributed by atoms with Crippen LogP contribution < -0.4 is 11.1 Å². The van der Waals surface area contributed by atoms with Crippen LogP contribution in [0.15, 0.2) is 82.7 Å². The van der Waals surface area contributed by atoms with Crippen LogP contribution in [0, 0.1) is 0 Å². The molecular weight excluding hydrogens is 368 g/mol. The van der Waals surface area contributed by atoms with Crippen molar-refractivity contribution in [3.63, 3.8) is 0 Å². The highest BCUT2D eigenvalue weighted by atomic mass is 16.3. The summed E-state index contributed by atoms with van der Waals surface area (Å²) in [7, 11) is 0. The van der Waals surface area contributed by atoms with E-state index in [1.165, 1.54) is 12.3 Å². The highest BCUT2D eigenvalue weighted by Gasteiger charge is 2.10. The molecule has 142 valence electrons. The minimum atomic E-state index is -0.632. The van der Waals surface area contributed by atoms with E-state index in [9.17, 15) is 14.7 Å². The van der Waals surface area contributed by atoms with Gasteiger partial charge < -0.3 is 10.1 Å². The SMILES string of the molecule is O=C(N/N=C/c1c(O)ccc2ccccc12)c1cc(-c2ccccc2)nc(=O)[nH]1. The molecule has 0 aliphatic heterocycles. The molecule has 0 radical (unpaired) electrons. The maximum absolute atomic E-state index is 12.4. The topological polar surface area (TPSA) is 107 Å². The molecule has 0 saturated carbocycles. The molecular formula is C22H16N4O3. The summed E-state index contributed by atoms with van der Waals surface area (Å²) in [6.45, 7) is 0. The number of H-pyrrole nitrogens is 1. The number of hydrogen-bond acceptors (Lipinski definition) is 5. The van der Waals surface area contributed by atoms with Crippen molar-refractivity contribution in [2.75, 3.05) is 0 Å². The highest BCUT2D eigenvalue weighted by Crippen LogP contribution is 2.25. The molecule has 0 aliphatic rings. The van der Waals surface area contributed by atoms with Gasteiger partial charge in [0.2, 0.25) is 0 Å². The number of hydrogen-bond donors (Lipinski definition) is 3. The van der Waals surface area contributed by atoms with Crippen LogP contribution >= 0.6 is 0 Å². The number of aromatic amines is 1. The van der Waals surface area contributed by atoms with E-state index >= 15 is 0 Å². The normalized spacial score (nSPS) is 11.0. The molecule has 3 aromatic carbocycles. The Balaban J connectivity index is 1.59. The third-order valence-corrected chi connectivity index (χ3v) is 4.37. The smallest absolute Gasteiger partial charge is 0.346 e. The standard InChI is InChI=1S/C22H16N4O3/c27-20-11-10-14-6-4-5-9-16(14)17(20)13-23-26-21(28)19-12-18(24-22(29)25-19)15-7-2-1-3-8-15/h1-13,27H,(H,26,28)(H,24,25,29)/b23-13+. The van der Waals surface area contributed by atoms with Crippen molar-refractivity contribution in [2.45, 2.75) is 0 Å². The number of benzene rings is 3. The summed E-state index contributed by atoms with van der Waals surface area (Å²) in [5, 5.41) is 15.8. The Morgan fingerprint density at radius 3 is 2.62 bits per heavy atom. The summed E-state index contributed by atoms with van der Waals surface area (Å²) < 4.78 is 0. The number of rotatable bonds is 4. The van der Waals surface area contributed by atoms with Gasteiger partial charge in [0.1, 0.15) is 11.4 Å². The van der Waals surface area contributed by atoms with E-state index < -0.39 is 11.6 Å². The predicted octanol–water partition coefficient (Wildman–Crippen LogP) is 3.06. The van der Waals surface area contributed by atoms with E-state index in [0.717, 1.165) is 16.3 Å². The molecule has 7 nitrogen and oxygen atoms in total. The lowest BCUT2D eigenvalue weighted by molar-refractivity contribution is 0.0949. The lowest BCUT2D eigenvalue weighted by Gasteiger charge is -2.05. The van der Waals surface area contributed by atoms with Crippen molar-refractivity contribution in [2.24, 2.45) is 5.10 Å². The average molecular weight is 384 g/mol. The first-order valence-electron chi connectivity index (χ1n) is 8.83. The van der Waals surface area contributed by atoms with Gasteiger partial charge in [-0.3, -0.25) is 4.79 Å². The Morgan fingerprint density at radius 1 is 1.03 bits per heavy atom. The second-order valence-electron chi connectivity index (χ2n) is 6.27.